The highest BCUT2D eigenvalue weighted by Gasteiger charge is 2.18. The van der Waals surface area contributed by atoms with E-state index < -0.39 is 6.09 Å². The van der Waals surface area contributed by atoms with E-state index in [1.54, 1.807) is 0 Å². The second kappa shape index (κ2) is 8.38. The molecule has 0 radical (unpaired) electrons. The first-order chi connectivity index (χ1) is 14.1. The molecule has 1 amide bonds. The van der Waals surface area contributed by atoms with Gasteiger partial charge in [0.25, 0.3) is 0 Å². The monoisotopic (exact) mass is 458 g/mol. The second-order valence-corrected chi connectivity index (χ2v) is 7.87. The minimum absolute atomic E-state index is 0.336. The van der Waals surface area contributed by atoms with Gasteiger partial charge in [0.1, 0.15) is 0 Å². The number of hydrogen-bond donors (Lipinski definition) is 4. The first-order valence-electron chi connectivity index (χ1n) is 9.52. The van der Waals surface area contributed by atoms with Crippen molar-refractivity contribution in [1.82, 2.24) is 20.3 Å². The van der Waals surface area contributed by atoms with Crippen molar-refractivity contribution in [2.24, 2.45) is 0 Å². The number of H-pyrrole nitrogens is 1. The highest BCUT2D eigenvalue weighted by atomic mass is 79.9. The number of nitrogens with zero attached hydrogens (tertiary/aromatic N) is 2. The van der Waals surface area contributed by atoms with E-state index in [-0.39, 0.29) is 0 Å². The molecule has 0 spiro atoms. The quantitative estimate of drug-likeness (QED) is 0.470. The normalized spacial score (nSPS) is 16.6. The summed E-state index contributed by atoms with van der Waals surface area (Å²) in [4.78, 5) is 24.1. The van der Waals surface area contributed by atoms with Crippen LogP contribution in [0.15, 0.2) is 29.0 Å². The number of fused-ring (bicyclic) bond motifs is 1. The lowest BCUT2D eigenvalue weighted by atomic mass is 10.1. The Labute approximate surface area is 177 Å². The van der Waals surface area contributed by atoms with E-state index in [2.05, 4.69) is 46.6 Å². The van der Waals surface area contributed by atoms with Crippen LogP contribution in [0.1, 0.15) is 18.4 Å². The maximum atomic E-state index is 11.5. The molecule has 1 aliphatic rings. The van der Waals surface area contributed by atoms with Crippen molar-refractivity contribution in [2.45, 2.75) is 25.8 Å². The molecule has 4 N–H and O–H groups in total. The summed E-state index contributed by atoms with van der Waals surface area (Å²) in [5.74, 6) is 0.636. The lowest BCUT2D eigenvalue weighted by Gasteiger charge is -2.24. The maximum Gasteiger partial charge on any atom is 0.411 e. The maximum absolute atomic E-state index is 11.5. The summed E-state index contributed by atoms with van der Waals surface area (Å²) < 4.78 is 5.43. The van der Waals surface area contributed by atoms with Gasteiger partial charge in [-0.05, 0) is 53.9 Å². The first kappa shape index (κ1) is 19.7. The van der Waals surface area contributed by atoms with Crippen LogP contribution in [0.25, 0.3) is 22.2 Å². The Morgan fingerprint density at radius 2 is 2.24 bits per heavy atom. The number of rotatable bonds is 4. The molecule has 29 heavy (non-hydrogen) atoms. The topological polar surface area (TPSA) is 104 Å². The summed E-state index contributed by atoms with van der Waals surface area (Å²) >= 11 is 3.57. The van der Waals surface area contributed by atoms with Gasteiger partial charge < -0.3 is 20.4 Å². The molecule has 2 aromatic heterocycles. The zero-order valence-electron chi connectivity index (χ0n) is 16.3. The lowest BCUT2D eigenvalue weighted by Crippen LogP contribution is -2.38. The van der Waals surface area contributed by atoms with E-state index in [1.807, 2.05) is 31.5 Å². The van der Waals surface area contributed by atoms with E-state index in [4.69, 9.17) is 4.98 Å². The summed E-state index contributed by atoms with van der Waals surface area (Å²) in [7, 11) is 1.33. The first-order valence-corrected chi connectivity index (χ1v) is 10.3. The van der Waals surface area contributed by atoms with Gasteiger partial charge >= 0.3 is 6.09 Å². The molecule has 0 aliphatic carbocycles. The molecular weight excluding hydrogens is 436 g/mol. The number of hydrogen-bond acceptors (Lipinski definition) is 6. The smallest absolute Gasteiger partial charge is 0.411 e. The molecule has 0 unspecified atom stereocenters. The van der Waals surface area contributed by atoms with Crippen molar-refractivity contribution in [2.75, 3.05) is 30.8 Å². The van der Waals surface area contributed by atoms with Gasteiger partial charge in [-0.25, -0.2) is 14.8 Å². The van der Waals surface area contributed by atoms with Crippen molar-refractivity contribution in [3.63, 3.8) is 0 Å². The fourth-order valence-corrected chi connectivity index (χ4v) is 4.12. The third-order valence-corrected chi connectivity index (χ3v) is 5.90. The number of carbonyl (C=O) groups excluding carboxylic acids is 1. The highest BCUT2D eigenvalue weighted by molar-refractivity contribution is 9.10. The van der Waals surface area contributed by atoms with Crippen LogP contribution in [-0.4, -0.2) is 47.3 Å². The molecule has 8 nitrogen and oxygen atoms in total. The number of carbonyl (C=O) groups is 1. The summed E-state index contributed by atoms with van der Waals surface area (Å²) in [6, 6.07) is 4.13. The number of aromatic amines is 1. The van der Waals surface area contributed by atoms with Crippen molar-refractivity contribution in [3.05, 3.63) is 34.6 Å². The number of anilines is 2. The molecule has 1 atom stereocenters. The van der Waals surface area contributed by atoms with Gasteiger partial charge in [0.05, 0.1) is 28.5 Å². The molecule has 152 valence electrons. The Kier molecular flexibility index (Phi) is 5.68. The van der Waals surface area contributed by atoms with E-state index >= 15 is 0 Å². The summed E-state index contributed by atoms with van der Waals surface area (Å²) in [5.41, 5.74) is 4.35. The fourth-order valence-electron chi connectivity index (χ4n) is 3.56. The summed E-state index contributed by atoms with van der Waals surface area (Å²) in [5, 5.41) is 10.5. The van der Waals surface area contributed by atoms with Gasteiger partial charge in [-0.2, -0.15) is 0 Å². The number of aryl methyl sites for hydroxylation is 1. The Balaban J connectivity index is 1.68. The molecule has 9 heteroatoms. The predicted molar refractivity (Wildman–Crippen MR) is 117 cm³/mol. The standard InChI is InChI=1S/C20H23BrN6O2/c1-11-8-24-19(25-12-4-3-7-22-9-12)27-17(11)14-10-23-18-13(14)5-6-15(16(18)21)26-20(28)29-2/h5-6,8,10,12,22-23H,3-4,7,9H2,1-2H3,(H,26,28)(H,24,25,27)/t12-/m0/s1. The number of aromatic nitrogens is 3. The number of ether oxygens (including phenoxy) is 1. The predicted octanol–water partition coefficient (Wildman–Crippen LogP) is 4.04. The zero-order valence-corrected chi connectivity index (χ0v) is 17.9. The number of nitrogens with one attached hydrogen (secondary N) is 4. The average Bonchev–Trinajstić information content (AvgIpc) is 3.17. The van der Waals surface area contributed by atoms with Crippen molar-refractivity contribution in [1.29, 1.82) is 0 Å². The van der Waals surface area contributed by atoms with Gasteiger partial charge in [-0.1, -0.05) is 6.07 Å². The van der Waals surface area contributed by atoms with Crippen LogP contribution >= 0.6 is 15.9 Å². The van der Waals surface area contributed by atoms with Crippen LogP contribution in [0, 0.1) is 6.92 Å². The molecular formula is C20H23BrN6O2. The van der Waals surface area contributed by atoms with E-state index in [9.17, 15) is 4.79 Å². The molecule has 3 aromatic rings. The molecule has 1 saturated heterocycles. The number of halogens is 1. The van der Waals surface area contributed by atoms with Gasteiger partial charge in [0.15, 0.2) is 0 Å². The zero-order chi connectivity index (χ0) is 20.4. The fraction of sp³-hybridized carbons (Fsp3) is 0.350. The molecule has 0 saturated carbocycles. The number of amides is 1. The number of methoxy groups -OCH3 is 1. The molecule has 1 aromatic carbocycles. The number of benzene rings is 1. The van der Waals surface area contributed by atoms with Crippen LogP contribution in [0.4, 0.5) is 16.4 Å². The highest BCUT2D eigenvalue weighted by Crippen LogP contribution is 2.37. The van der Waals surface area contributed by atoms with Crippen LogP contribution < -0.4 is 16.0 Å². The summed E-state index contributed by atoms with van der Waals surface area (Å²) in [6.07, 6.45) is 5.52. The van der Waals surface area contributed by atoms with Gasteiger partial charge in [0, 0.05) is 35.9 Å². The molecule has 1 fully saturated rings. The van der Waals surface area contributed by atoms with Crippen LogP contribution in [0.3, 0.4) is 0 Å². The average molecular weight is 459 g/mol. The van der Waals surface area contributed by atoms with Gasteiger partial charge in [-0.15, -0.1) is 0 Å². The van der Waals surface area contributed by atoms with E-state index in [1.165, 1.54) is 7.11 Å². The van der Waals surface area contributed by atoms with Gasteiger partial charge in [0.2, 0.25) is 5.95 Å². The minimum atomic E-state index is -0.517. The lowest BCUT2D eigenvalue weighted by molar-refractivity contribution is 0.187. The Morgan fingerprint density at radius 1 is 1.38 bits per heavy atom. The Hall–Kier alpha value is -2.65. The van der Waals surface area contributed by atoms with E-state index in [0.29, 0.717) is 17.7 Å². The van der Waals surface area contributed by atoms with Crippen LogP contribution in [0.2, 0.25) is 0 Å². The van der Waals surface area contributed by atoms with Gasteiger partial charge in [-0.3, -0.25) is 5.32 Å². The Bertz CT molecular complexity index is 1040. The Morgan fingerprint density at radius 3 is 3.00 bits per heavy atom. The van der Waals surface area contributed by atoms with Crippen molar-refractivity contribution < 1.29 is 9.53 Å². The van der Waals surface area contributed by atoms with Crippen LogP contribution in [0.5, 0.6) is 0 Å². The molecule has 0 bridgehead atoms. The van der Waals surface area contributed by atoms with E-state index in [0.717, 1.165) is 58.1 Å². The SMILES string of the molecule is COC(=O)Nc1ccc2c(-c3nc(N[C@H]4CCCNC4)ncc3C)c[nH]c2c1Br. The van der Waals surface area contributed by atoms with Crippen molar-refractivity contribution in [3.8, 4) is 11.3 Å². The molecule has 1 aliphatic heterocycles. The largest absolute Gasteiger partial charge is 0.453 e. The minimum Gasteiger partial charge on any atom is -0.453 e. The third kappa shape index (κ3) is 4.06. The van der Waals surface area contributed by atoms with Crippen LogP contribution in [-0.2, 0) is 4.74 Å². The number of piperidine rings is 1. The molecule has 4 rings (SSSR count). The van der Waals surface area contributed by atoms with Crippen molar-refractivity contribution >= 4 is 44.6 Å². The second-order valence-electron chi connectivity index (χ2n) is 7.08. The summed E-state index contributed by atoms with van der Waals surface area (Å²) in [6.45, 7) is 3.99. The molecule has 3 heterocycles. The third-order valence-electron chi connectivity index (χ3n) is 5.07.